The van der Waals surface area contributed by atoms with Crippen LogP contribution in [0.5, 0.6) is 0 Å². The maximum Gasteiger partial charge on any atom is 0.0354 e. The number of nitrogens with one attached hydrogen (secondary N) is 1. The smallest absolute Gasteiger partial charge is 0.0354 e. The van der Waals surface area contributed by atoms with Gasteiger partial charge in [0.25, 0.3) is 0 Å². The van der Waals surface area contributed by atoms with Crippen molar-refractivity contribution in [2.24, 2.45) is 0 Å². The maximum absolute atomic E-state index is 3.64. The van der Waals surface area contributed by atoms with E-state index in [2.05, 4.69) is 22.4 Å². The number of hydrazine groups is 1. The first-order chi connectivity index (χ1) is 6.34. The van der Waals surface area contributed by atoms with E-state index in [1.165, 1.54) is 51.9 Å². The van der Waals surface area contributed by atoms with Crippen LogP contribution in [0.15, 0.2) is 0 Å². The molecule has 2 saturated heterocycles. The lowest BCUT2D eigenvalue weighted by molar-refractivity contribution is 0.130. The minimum absolute atomic E-state index is 0.711. The monoisotopic (exact) mass is 183 g/mol. The van der Waals surface area contributed by atoms with Crippen molar-refractivity contribution in [3.05, 3.63) is 0 Å². The lowest BCUT2D eigenvalue weighted by Gasteiger charge is -2.30. The molecule has 0 spiro atoms. The van der Waals surface area contributed by atoms with Gasteiger partial charge < -0.3 is 4.90 Å². The van der Waals surface area contributed by atoms with Gasteiger partial charge in [-0.25, -0.2) is 5.01 Å². The molecule has 2 rings (SSSR count). The van der Waals surface area contributed by atoms with E-state index in [0.29, 0.717) is 6.04 Å². The third-order valence-corrected chi connectivity index (χ3v) is 3.11. The van der Waals surface area contributed by atoms with Crippen LogP contribution >= 0.6 is 0 Å². The van der Waals surface area contributed by atoms with E-state index in [4.69, 9.17) is 0 Å². The van der Waals surface area contributed by atoms with Crippen LogP contribution in [0.1, 0.15) is 25.7 Å². The number of nitrogens with zero attached hydrogens (tertiary/aromatic N) is 2. The van der Waals surface area contributed by atoms with Gasteiger partial charge in [0, 0.05) is 25.7 Å². The van der Waals surface area contributed by atoms with Gasteiger partial charge in [-0.2, -0.15) is 0 Å². The van der Waals surface area contributed by atoms with Gasteiger partial charge >= 0.3 is 0 Å². The van der Waals surface area contributed by atoms with Gasteiger partial charge in [-0.3, -0.25) is 5.43 Å². The highest BCUT2D eigenvalue weighted by molar-refractivity contribution is 4.78. The van der Waals surface area contributed by atoms with Crippen LogP contribution in [-0.4, -0.2) is 49.2 Å². The third-order valence-electron chi connectivity index (χ3n) is 3.11. The summed E-state index contributed by atoms with van der Waals surface area (Å²) >= 11 is 0. The van der Waals surface area contributed by atoms with E-state index < -0.39 is 0 Å². The molecule has 0 bridgehead atoms. The molecule has 13 heavy (non-hydrogen) atoms. The molecule has 3 nitrogen and oxygen atoms in total. The van der Waals surface area contributed by atoms with Gasteiger partial charge in [0.15, 0.2) is 0 Å². The number of hydrogen-bond donors (Lipinski definition) is 1. The molecule has 0 saturated carbocycles. The first-order valence-electron chi connectivity index (χ1n) is 5.54. The van der Waals surface area contributed by atoms with Gasteiger partial charge in [0.2, 0.25) is 0 Å². The fraction of sp³-hybridized carbons (Fsp3) is 1.00. The number of likely N-dealkylation sites (N-methyl/N-ethyl adjacent to an activating group) is 1. The van der Waals surface area contributed by atoms with E-state index in [1.807, 2.05) is 0 Å². The summed E-state index contributed by atoms with van der Waals surface area (Å²) in [5.74, 6) is 0. The quantitative estimate of drug-likeness (QED) is 0.679. The molecule has 0 radical (unpaired) electrons. The summed E-state index contributed by atoms with van der Waals surface area (Å²) in [7, 11) is 2.21. The highest BCUT2D eigenvalue weighted by Crippen LogP contribution is 2.10. The van der Waals surface area contributed by atoms with Crippen LogP contribution in [0.4, 0.5) is 0 Å². The topological polar surface area (TPSA) is 18.5 Å². The Bertz CT molecular complexity index is 151. The summed E-state index contributed by atoms with van der Waals surface area (Å²) in [6, 6.07) is 0.711. The van der Waals surface area contributed by atoms with E-state index in [1.54, 1.807) is 0 Å². The summed E-state index contributed by atoms with van der Waals surface area (Å²) in [6.45, 7) is 4.97. The molecule has 0 aromatic carbocycles. The molecule has 1 atom stereocenters. The van der Waals surface area contributed by atoms with Gasteiger partial charge in [-0.1, -0.05) is 6.42 Å². The third kappa shape index (κ3) is 2.66. The van der Waals surface area contributed by atoms with Crippen LogP contribution in [0.3, 0.4) is 0 Å². The van der Waals surface area contributed by atoms with Crippen LogP contribution in [0.2, 0.25) is 0 Å². The normalized spacial score (nSPS) is 32.5. The van der Waals surface area contributed by atoms with E-state index >= 15 is 0 Å². The predicted octanol–water partition coefficient (Wildman–Crippen LogP) is 0.681. The Morgan fingerprint density at radius 2 is 1.85 bits per heavy atom. The van der Waals surface area contributed by atoms with Gasteiger partial charge in [0.05, 0.1) is 0 Å². The molecule has 2 fully saturated rings. The second-order valence-corrected chi connectivity index (χ2v) is 4.42. The molecular weight excluding hydrogens is 162 g/mol. The van der Waals surface area contributed by atoms with Crippen molar-refractivity contribution in [1.82, 2.24) is 15.3 Å². The Balaban J connectivity index is 1.71. The standard InChI is InChI=1S/C10H21N3/c1-12-8-5-10(9-12)11-13-6-3-2-4-7-13/h10-11H,2-9H2,1H3. The van der Waals surface area contributed by atoms with Crippen molar-refractivity contribution < 1.29 is 0 Å². The van der Waals surface area contributed by atoms with Crippen molar-refractivity contribution in [2.75, 3.05) is 33.2 Å². The number of likely N-dealkylation sites (tertiary alicyclic amines) is 1. The molecule has 2 heterocycles. The highest BCUT2D eigenvalue weighted by Gasteiger charge is 2.21. The molecule has 76 valence electrons. The summed E-state index contributed by atoms with van der Waals surface area (Å²) in [5.41, 5.74) is 3.64. The molecular formula is C10H21N3. The van der Waals surface area contributed by atoms with Crippen molar-refractivity contribution >= 4 is 0 Å². The average Bonchev–Trinajstić information content (AvgIpc) is 2.53. The fourth-order valence-electron chi connectivity index (χ4n) is 2.32. The summed E-state index contributed by atoms with van der Waals surface area (Å²) in [6.07, 6.45) is 5.47. The molecule has 1 unspecified atom stereocenters. The lowest BCUT2D eigenvalue weighted by Crippen LogP contribution is -2.48. The van der Waals surface area contributed by atoms with Crippen molar-refractivity contribution in [1.29, 1.82) is 0 Å². The Morgan fingerprint density at radius 1 is 1.08 bits per heavy atom. The number of hydrogen-bond acceptors (Lipinski definition) is 3. The molecule has 0 aromatic heterocycles. The van der Waals surface area contributed by atoms with Gasteiger partial charge in [0.1, 0.15) is 0 Å². The number of rotatable bonds is 2. The minimum Gasteiger partial charge on any atom is -0.305 e. The van der Waals surface area contributed by atoms with E-state index in [-0.39, 0.29) is 0 Å². The van der Waals surface area contributed by atoms with Crippen molar-refractivity contribution in [3.63, 3.8) is 0 Å². The van der Waals surface area contributed by atoms with Gasteiger partial charge in [-0.15, -0.1) is 0 Å². The van der Waals surface area contributed by atoms with Crippen LogP contribution in [0.25, 0.3) is 0 Å². The van der Waals surface area contributed by atoms with E-state index in [0.717, 1.165) is 0 Å². The zero-order valence-corrected chi connectivity index (χ0v) is 8.63. The average molecular weight is 183 g/mol. The predicted molar refractivity (Wildman–Crippen MR) is 54.5 cm³/mol. The largest absolute Gasteiger partial charge is 0.305 e. The Hall–Kier alpha value is -0.120. The van der Waals surface area contributed by atoms with Crippen molar-refractivity contribution in [3.8, 4) is 0 Å². The van der Waals surface area contributed by atoms with E-state index in [9.17, 15) is 0 Å². The molecule has 0 amide bonds. The summed E-state index contributed by atoms with van der Waals surface area (Å²) < 4.78 is 0. The second kappa shape index (κ2) is 4.40. The lowest BCUT2D eigenvalue weighted by atomic mass is 10.2. The summed E-state index contributed by atoms with van der Waals surface area (Å²) in [4.78, 5) is 2.40. The Labute approximate surface area is 81.1 Å². The highest BCUT2D eigenvalue weighted by atomic mass is 15.5. The molecule has 0 aromatic rings. The summed E-state index contributed by atoms with van der Waals surface area (Å²) in [5, 5.41) is 2.42. The zero-order chi connectivity index (χ0) is 9.10. The molecule has 3 heteroatoms. The SMILES string of the molecule is CN1CCC(NN2CCCCC2)C1. The maximum atomic E-state index is 3.64. The minimum atomic E-state index is 0.711. The van der Waals surface area contributed by atoms with Crippen LogP contribution in [0, 0.1) is 0 Å². The molecule has 1 N–H and O–H groups in total. The Kier molecular flexibility index (Phi) is 3.19. The first kappa shape index (κ1) is 9.44. The molecule has 2 aliphatic heterocycles. The molecule has 2 aliphatic rings. The van der Waals surface area contributed by atoms with Crippen molar-refractivity contribution in [2.45, 2.75) is 31.7 Å². The van der Waals surface area contributed by atoms with Crippen LogP contribution in [-0.2, 0) is 0 Å². The zero-order valence-electron chi connectivity index (χ0n) is 8.63. The fourth-order valence-corrected chi connectivity index (χ4v) is 2.32. The Morgan fingerprint density at radius 3 is 2.46 bits per heavy atom. The number of piperidine rings is 1. The van der Waals surface area contributed by atoms with Crippen LogP contribution < -0.4 is 5.43 Å². The first-order valence-corrected chi connectivity index (χ1v) is 5.54. The van der Waals surface area contributed by atoms with Gasteiger partial charge in [-0.05, 0) is 32.9 Å². The molecule has 0 aliphatic carbocycles. The second-order valence-electron chi connectivity index (χ2n) is 4.42.